The first kappa shape index (κ1) is 37.2. The average Bonchev–Trinajstić information content (AvgIpc) is 3.64. The van der Waals surface area contributed by atoms with E-state index in [4.69, 9.17) is 34.0 Å². The highest BCUT2D eigenvalue weighted by atomic mass is 16.8. The molecule has 4 fully saturated rings. The van der Waals surface area contributed by atoms with Crippen LogP contribution in [0.4, 0.5) is 0 Å². The van der Waals surface area contributed by atoms with Crippen molar-refractivity contribution in [3.05, 3.63) is 41.7 Å². The first-order chi connectivity index (χ1) is 23.8. The Kier molecular flexibility index (Phi) is 13.1. The molecule has 1 saturated carbocycles. The number of aliphatic hydroxyl groups excluding tert-OH is 2. The molecular weight excluding hydrogens is 634 g/mol. The second-order valence-corrected chi connectivity index (χ2v) is 13.4. The van der Waals surface area contributed by atoms with Crippen molar-refractivity contribution >= 4 is 23.9 Å². The summed E-state index contributed by atoms with van der Waals surface area (Å²) in [5, 5.41) is 25.1. The molecular formula is C36H53N3O10. The van der Waals surface area contributed by atoms with Gasteiger partial charge in [-0.25, -0.2) is 0 Å². The molecule has 2 amide bonds. The third-order valence-corrected chi connectivity index (χ3v) is 9.92. The van der Waals surface area contributed by atoms with Crippen molar-refractivity contribution in [1.29, 1.82) is 0 Å². The number of carbonyl (C=O) groups excluding carboxylic acids is 3. The maximum atomic E-state index is 14.4. The van der Waals surface area contributed by atoms with E-state index in [9.17, 15) is 14.4 Å². The van der Waals surface area contributed by atoms with Crippen molar-refractivity contribution in [2.24, 2.45) is 5.41 Å². The summed E-state index contributed by atoms with van der Waals surface area (Å²) < 4.78 is 25.1. The molecule has 2 bridgehead atoms. The summed E-state index contributed by atoms with van der Waals surface area (Å²) in [6.45, 7) is 4.59. The Morgan fingerprint density at radius 1 is 1.02 bits per heavy atom. The van der Waals surface area contributed by atoms with Crippen LogP contribution >= 0.6 is 0 Å². The van der Waals surface area contributed by atoms with Gasteiger partial charge >= 0.3 is 5.97 Å². The lowest BCUT2D eigenvalue weighted by molar-refractivity contribution is -0.224. The molecule has 49 heavy (non-hydrogen) atoms. The first-order valence-corrected chi connectivity index (χ1v) is 17.9. The molecule has 13 heteroatoms. The van der Waals surface area contributed by atoms with E-state index in [2.05, 4.69) is 24.5 Å². The minimum Gasteiger partial charge on any atom is -0.499 e. The van der Waals surface area contributed by atoms with E-state index in [1.165, 1.54) is 6.26 Å². The number of aliphatic hydroxyl groups is 2. The minimum atomic E-state index is -1.34. The highest BCUT2D eigenvalue weighted by molar-refractivity contribution is 5.93. The van der Waals surface area contributed by atoms with Crippen molar-refractivity contribution in [3.8, 4) is 0 Å². The second-order valence-electron chi connectivity index (χ2n) is 13.4. The molecule has 1 aromatic rings. The fourth-order valence-corrected chi connectivity index (χ4v) is 7.66. The van der Waals surface area contributed by atoms with Gasteiger partial charge < -0.3 is 39.8 Å². The summed E-state index contributed by atoms with van der Waals surface area (Å²) >= 11 is 0. The maximum absolute atomic E-state index is 14.4. The molecule has 6 atom stereocenters. The number of nitrogens with zero attached hydrogens (tertiary/aromatic N) is 1. The summed E-state index contributed by atoms with van der Waals surface area (Å²) in [6, 6.07) is 6.58. The van der Waals surface area contributed by atoms with Crippen molar-refractivity contribution in [2.75, 3.05) is 32.9 Å². The van der Waals surface area contributed by atoms with E-state index < -0.39 is 53.5 Å². The third kappa shape index (κ3) is 8.29. The van der Waals surface area contributed by atoms with Gasteiger partial charge in [0.05, 0.1) is 26.0 Å². The van der Waals surface area contributed by atoms with Gasteiger partial charge in [-0.1, -0.05) is 63.8 Å². The van der Waals surface area contributed by atoms with Gasteiger partial charge in [-0.15, -0.1) is 0 Å². The van der Waals surface area contributed by atoms with Crippen LogP contribution in [-0.4, -0.2) is 102 Å². The predicted molar refractivity (Wildman–Crippen MR) is 178 cm³/mol. The molecule has 3 aliphatic heterocycles. The number of amides is 2. The largest absolute Gasteiger partial charge is 0.499 e. The van der Waals surface area contributed by atoms with Gasteiger partial charge in [-0.05, 0) is 30.0 Å². The average molecular weight is 688 g/mol. The van der Waals surface area contributed by atoms with E-state index >= 15 is 0 Å². The van der Waals surface area contributed by atoms with Gasteiger partial charge in [0.1, 0.15) is 36.4 Å². The first-order valence-electron chi connectivity index (χ1n) is 17.9. The predicted octanol–water partition coefficient (Wildman–Crippen LogP) is 2.72. The van der Waals surface area contributed by atoms with Gasteiger partial charge in [0.25, 0.3) is 0 Å². The smallest absolute Gasteiger partial charge is 0.327 e. The molecule has 0 radical (unpaired) electrons. The van der Waals surface area contributed by atoms with Gasteiger partial charge in [-0.3, -0.25) is 19.2 Å². The van der Waals surface area contributed by atoms with Gasteiger partial charge in [-0.2, -0.15) is 5.06 Å². The van der Waals surface area contributed by atoms with Crippen LogP contribution in [0, 0.1) is 5.41 Å². The zero-order chi connectivity index (χ0) is 34.9. The lowest BCUT2D eigenvalue weighted by Gasteiger charge is -2.48. The number of hydrogen-bond donors (Lipinski definition) is 4. The Morgan fingerprint density at radius 3 is 2.49 bits per heavy atom. The molecule has 4 N–H and O–H groups in total. The number of hydrogen-bond acceptors (Lipinski definition) is 11. The van der Waals surface area contributed by atoms with Crippen LogP contribution in [0.5, 0.6) is 0 Å². The molecule has 0 spiro atoms. The van der Waals surface area contributed by atoms with E-state index in [-0.39, 0.29) is 58.2 Å². The SMILES string of the molecule is CCCCCC1(CCCCC)O[C@@H]2[C@H](O1)[C@H]1ON(Cc3cccc(C=COCCO)c3)[C@H]3C(=O)O[C@@H]2C[C@@]13C(=O)NCCC(=O)NCCO. The van der Waals surface area contributed by atoms with E-state index in [1.54, 1.807) is 11.1 Å². The van der Waals surface area contributed by atoms with Crippen LogP contribution in [0.3, 0.4) is 0 Å². The summed E-state index contributed by atoms with van der Waals surface area (Å²) in [6.07, 6.45) is 8.15. The standard InChI is InChI=1S/C36H53N3O10/c1-3-5-7-14-35(15-8-6-4-2)47-29-27-23-36(34(44)38-16-12-28(42)37-17-18-40)31(33(43)46-27)39(49-32(36)30(29)48-35)24-26-11-9-10-25(22-26)13-20-45-21-19-41/h9-11,13,20,22,27,29-32,40-41H,3-8,12,14-19,21,23-24H2,1-2H3,(H,37,42)(H,38,44)/t27-,29+,30+,31+,32-,36+/m1/s1. The Labute approximate surface area is 288 Å². The number of rotatable bonds is 20. The summed E-state index contributed by atoms with van der Waals surface area (Å²) in [7, 11) is 0. The van der Waals surface area contributed by atoms with Gasteiger partial charge in [0.15, 0.2) is 11.8 Å². The molecule has 1 aliphatic carbocycles. The number of esters is 1. The third-order valence-electron chi connectivity index (χ3n) is 9.92. The van der Waals surface area contributed by atoms with E-state index in [1.807, 2.05) is 24.3 Å². The number of fused-ring (bicyclic) bond motifs is 4. The number of hydroxylamine groups is 2. The van der Waals surface area contributed by atoms with Crippen LogP contribution in [0.15, 0.2) is 30.5 Å². The molecule has 3 heterocycles. The van der Waals surface area contributed by atoms with Gasteiger partial charge in [0, 0.05) is 38.8 Å². The van der Waals surface area contributed by atoms with Crippen molar-refractivity contribution in [1.82, 2.24) is 15.7 Å². The Hall–Kier alpha value is -3.07. The normalized spacial score (nSPS) is 28.3. The van der Waals surface area contributed by atoms with E-state index in [0.29, 0.717) is 12.8 Å². The van der Waals surface area contributed by atoms with Crippen molar-refractivity contribution < 1.29 is 48.4 Å². The molecule has 272 valence electrons. The lowest BCUT2D eigenvalue weighted by Crippen LogP contribution is -2.69. The molecule has 1 aromatic carbocycles. The molecule has 5 rings (SSSR count). The van der Waals surface area contributed by atoms with Crippen LogP contribution in [-0.2, 0) is 44.7 Å². The summed E-state index contributed by atoms with van der Waals surface area (Å²) in [5.74, 6) is -2.11. The zero-order valence-electron chi connectivity index (χ0n) is 28.8. The second kappa shape index (κ2) is 17.2. The van der Waals surface area contributed by atoms with Crippen molar-refractivity contribution in [2.45, 2.75) is 121 Å². The van der Waals surface area contributed by atoms with Crippen LogP contribution in [0.1, 0.15) is 89.2 Å². The van der Waals surface area contributed by atoms with Crippen LogP contribution in [0.25, 0.3) is 6.08 Å². The summed E-state index contributed by atoms with van der Waals surface area (Å²) in [5.41, 5.74) is 0.342. The number of ether oxygens (including phenoxy) is 4. The van der Waals surface area contributed by atoms with Crippen molar-refractivity contribution in [3.63, 3.8) is 0 Å². The molecule has 0 aromatic heterocycles. The number of carbonyl (C=O) groups is 3. The summed E-state index contributed by atoms with van der Waals surface area (Å²) in [4.78, 5) is 47.3. The Morgan fingerprint density at radius 2 is 1.78 bits per heavy atom. The molecule has 13 nitrogen and oxygen atoms in total. The van der Waals surface area contributed by atoms with Crippen LogP contribution < -0.4 is 10.6 Å². The maximum Gasteiger partial charge on any atom is 0.327 e. The fraction of sp³-hybridized carbons (Fsp3) is 0.694. The monoisotopic (exact) mass is 687 g/mol. The topological polar surface area (TPSA) is 165 Å². The highest BCUT2D eigenvalue weighted by Gasteiger charge is 2.76. The Bertz CT molecular complexity index is 1300. The lowest BCUT2D eigenvalue weighted by atomic mass is 9.62. The van der Waals surface area contributed by atoms with E-state index in [0.717, 1.165) is 49.7 Å². The fourth-order valence-electron chi connectivity index (χ4n) is 7.66. The molecule has 4 aliphatic rings. The quantitative estimate of drug-likeness (QED) is 0.0905. The van der Waals surface area contributed by atoms with Gasteiger partial charge in [0.2, 0.25) is 11.8 Å². The molecule has 3 saturated heterocycles. The number of unbranched alkanes of at least 4 members (excludes halogenated alkanes) is 4. The Balaban J connectivity index is 1.44. The minimum absolute atomic E-state index is 0.0154. The molecule has 0 unspecified atom stereocenters. The zero-order valence-corrected chi connectivity index (χ0v) is 28.8. The van der Waals surface area contributed by atoms with Crippen LogP contribution in [0.2, 0.25) is 0 Å². The number of benzene rings is 1. The number of nitrogens with one attached hydrogen (secondary N) is 2. The highest BCUT2D eigenvalue weighted by Crippen LogP contribution is 2.58.